The van der Waals surface area contributed by atoms with Gasteiger partial charge >= 0.3 is 0 Å². The van der Waals surface area contributed by atoms with E-state index in [2.05, 4.69) is 23.6 Å². The smallest absolute Gasteiger partial charge is 0.0702 e. The van der Waals surface area contributed by atoms with Crippen LogP contribution in [0.25, 0.3) is 0 Å². The number of hydrogen-bond donors (Lipinski definition) is 1. The molecular formula is C15H23ClN2O. The molecule has 1 saturated heterocycles. The van der Waals surface area contributed by atoms with Crippen molar-refractivity contribution in [2.75, 3.05) is 37.6 Å². The molecule has 1 aliphatic heterocycles. The fourth-order valence-electron chi connectivity index (χ4n) is 2.65. The third kappa shape index (κ3) is 3.85. The van der Waals surface area contributed by atoms with Crippen LogP contribution in [0.3, 0.4) is 0 Å². The Morgan fingerprint density at radius 1 is 1.21 bits per heavy atom. The molecule has 1 aliphatic rings. The first-order chi connectivity index (χ1) is 9.10. The molecule has 1 N–H and O–H groups in total. The Kier molecular flexibility index (Phi) is 5.08. The highest BCUT2D eigenvalue weighted by atomic mass is 35.5. The summed E-state index contributed by atoms with van der Waals surface area (Å²) in [5.74, 6) is 0.714. The molecule has 1 heterocycles. The number of halogens is 1. The summed E-state index contributed by atoms with van der Waals surface area (Å²) < 4.78 is 0. The highest BCUT2D eigenvalue weighted by molar-refractivity contribution is 6.30. The van der Waals surface area contributed by atoms with Gasteiger partial charge in [-0.05, 0) is 18.1 Å². The molecule has 0 radical (unpaired) electrons. The van der Waals surface area contributed by atoms with Gasteiger partial charge < -0.3 is 10.0 Å². The Labute approximate surface area is 120 Å². The standard InChI is InChI=1S/C15H23ClN2O/c1-12(2)10-17-5-7-18(8-6-17)15-9-14(16)4-3-13(15)11-19/h3-4,9,12,19H,5-8,10-11H2,1-2H3. The minimum atomic E-state index is 0.0682. The number of aliphatic hydroxyl groups excluding tert-OH is 1. The Bertz CT molecular complexity index is 415. The number of piperazine rings is 1. The Morgan fingerprint density at radius 3 is 2.47 bits per heavy atom. The van der Waals surface area contributed by atoms with Crippen LogP contribution in [-0.2, 0) is 6.61 Å². The fourth-order valence-corrected chi connectivity index (χ4v) is 2.82. The Morgan fingerprint density at radius 2 is 1.89 bits per heavy atom. The van der Waals surface area contributed by atoms with Crippen molar-refractivity contribution in [3.8, 4) is 0 Å². The van der Waals surface area contributed by atoms with Crippen molar-refractivity contribution in [3.05, 3.63) is 28.8 Å². The predicted molar refractivity (Wildman–Crippen MR) is 80.9 cm³/mol. The van der Waals surface area contributed by atoms with Gasteiger partial charge in [0.25, 0.3) is 0 Å². The topological polar surface area (TPSA) is 26.7 Å². The molecule has 106 valence electrons. The van der Waals surface area contributed by atoms with Gasteiger partial charge in [0.2, 0.25) is 0 Å². The van der Waals surface area contributed by atoms with Gasteiger partial charge in [-0.2, -0.15) is 0 Å². The summed E-state index contributed by atoms with van der Waals surface area (Å²) in [6, 6.07) is 5.72. The molecule has 2 rings (SSSR count). The van der Waals surface area contributed by atoms with Crippen molar-refractivity contribution in [2.45, 2.75) is 20.5 Å². The molecule has 0 saturated carbocycles. The number of aliphatic hydroxyl groups is 1. The second kappa shape index (κ2) is 6.60. The van der Waals surface area contributed by atoms with Crippen LogP contribution in [0.2, 0.25) is 5.02 Å². The van der Waals surface area contributed by atoms with Crippen molar-refractivity contribution in [1.82, 2.24) is 4.90 Å². The number of benzene rings is 1. The second-order valence-electron chi connectivity index (χ2n) is 5.61. The van der Waals surface area contributed by atoms with E-state index in [9.17, 15) is 5.11 Å². The third-order valence-corrected chi connectivity index (χ3v) is 3.79. The summed E-state index contributed by atoms with van der Waals surface area (Å²) in [5, 5.41) is 10.2. The van der Waals surface area contributed by atoms with Crippen LogP contribution in [0.5, 0.6) is 0 Å². The van der Waals surface area contributed by atoms with Gasteiger partial charge in [0, 0.05) is 49.0 Å². The summed E-state index contributed by atoms with van der Waals surface area (Å²) in [6.07, 6.45) is 0. The largest absolute Gasteiger partial charge is 0.392 e. The molecule has 3 nitrogen and oxygen atoms in total. The van der Waals surface area contributed by atoms with Crippen molar-refractivity contribution >= 4 is 17.3 Å². The first-order valence-corrected chi connectivity index (χ1v) is 7.34. The van der Waals surface area contributed by atoms with Gasteiger partial charge in [-0.25, -0.2) is 0 Å². The molecule has 0 aromatic heterocycles. The van der Waals surface area contributed by atoms with E-state index in [0.29, 0.717) is 5.92 Å². The summed E-state index contributed by atoms with van der Waals surface area (Å²) in [5.41, 5.74) is 2.04. The second-order valence-corrected chi connectivity index (χ2v) is 6.05. The van der Waals surface area contributed by atoms with Gasteiger partial charge in [-0.1, -0.05) is 31.5 Å². The summed E-state index contributed by atoms with van der Waals surface area (Å²) >= 11 is 6.07. The average molecular weight is 283 g/mol. The molecule has 0 amide bonds. The number of nitrogens with zero attached hydrogens (tertiary/aromatic N) is 2. The highest BCUT2D eigenvalue weighted by Gasteiger charge is 2.19. The lowest BCUT2D eigenvalue weighted by Crippen LogP contribution is -2.47. The van der Waals surface area contributed by atoms with Crippen LogP contribution < -0.4 is 4.90 Å². The summed E-state index contributed by atoms with van der Waals surface area (Å²) in [4.78, 5) is 4.83. The van der Waals surface area contributed by atoms with E-state index in [0.717, 1.165) is 49.0 Å². The lowest BCUT2D eigenvalue weighted by molar-refractivity contribution is 0.230. The molecule has 1 aromatic carbocycles. The van der Waals surface area contributed by atoms with Crippen LogP contribution in [0.15, 0.2) is 18.2 Å². The van der Waals surface area contributed by atoms with E-state index in [-0.39, 0.29) is 6.61 Å². The van der Waals surface area contributed by atoms with Crippen molar-refractivity contribution in [2.24, 2.45) is 5.92 Å². The van der Waals surface area contributed by atoms with E-state index in [4.69, 9.17) is 11.6 Å². The van der Waals surface area contributed by atoms with Gasteiger partial charge in [0.05, 0.1) is 6.61 Å². The zero-order valence-electron chi connectivity index (χ0n) is 11.8. The van der Waals surface area contributed by atoms with Crippen LogP contribution in [0.1, 0.15) is 19.4 Å². The third-order valence-electron chi connectivity index (χ3n) is 3.55. The summed E-state index contributed by atoms with van der Waals surface area (Å²) in [7, 11) is 0. The molecule has 0 atom stereocenters. The molecule has 1 aromatic rings. The van der Waals surface area contributed by atoms with Crippen molar-refractivity contribution in [3.63, 3.8) is 0 Å². The molecule has 0 spiro atoms. The molecule has 0 bridgehead atoms. The Balaban J connectivity index is 2.03. The van der Waals surface area contributed by atoms with E-state index in [1.165, 1.54) is 0 Å². The molecular weight excluding hydrogens is 260 g/mol. The normalized spacial score (nSPS) is 17.2. The molecule has 19 heavy (non-hydrogen) atoms. The number of anilines is 1. The molecule has 0 unspecified atom stereocenters. The molecule has 4 heteroatoms. The van der Waals surface area contributed by atoms with Gasteiger partial charge in [0.15, 0.2) is 0 Å². The number of rotatable bonds is 4. The first kappa shape index (κ1) is 14.6. The van der Waals surface area contributed by atoms with Crippen LogP contribution >= 0.6 is 11.6 Å². The van der Waals surface area contributed by atoms with E-state index < -0.39 is 0 Å². The predicted octanol–water partition coefficient (Wildman–Crippen LogP) is 2.61. The maximum Gasteiger partial charge on any atom is 0.0702 e. The average Bonchev–Trinajstić information content (AvgIpc) is 2.39. The maximum absolute atomic E-state index is 9.43. The van der Waals surface area contributed by atoms with E-state index in [1.54, 1.807) is 0 Å². The van der Waals surface area contributed by atoms with Crippen LogP contribution in [-0.4, -0.2) is 42.7 Å². The van der Waals surface area contributed by atoms with Gasteiger partial charge in [0.1, 0.15) is 0 Å². The molecule has 1 fully saturated rings. The van der Waals surface area contributed by atoms with E-state index in [1.807, 2.05) is 18.2 Å². The lowest BCUT2D eigenvalue weighted by Gasteiger charge is -2.37. The maximum atomic E-state index is 9.43. The summed E-state index contributed by atoms with van der Waals surface area (Å²) in [6.45, 7) is 9.90. The zero-order chi connectivity index (χ0) is 13.8. The van der Waals surface area contributed by atoms with Crippen LogP contribution in [0.4, 0.5) is 5.69 Å². The van der Waals surface area contributed by atoms with Gasteiger partial charge in [-0.3, -0.25) is 4.90 Å². The minimum Gasteiger partial charge on any atom is -0.392 e. The van der Waals surface area contributed by atoms with E-state index >= 15 is 0 Å². The minimum absolute atomic E-state index is 0.0682. The lowest BCUT2D eigenvalue weighted by atomic mass is 10.1. The monoisotopic (exact) mass is 282 g/mol. The Hall–Kier alpha value is -0.770. The van der Waals surface area contributed by atoms with Crippen molar-refractivity contribution in [1.29, 1.82) is 0 Å². The SMILES string of the molecule is CC(C)CN1CCN(c2cc(Cl)ccc2CO)CC1. The highest BCUT2D eigenvalue weighted by Crippen LogP contribution is 2.26. The first-order valence-electron chi connectivity index (χ1n) is 6.96. The molecule has 0 aliphatic carbocycles. The fraction of sp³-hybridized carbons (Fsp3) is 0.600. The zero-order valence-corrected chi connectivity index (χ0v) is 12.5. The van der Waals surface area contributed by atoms with Crippen molar-refractivity contribution < 1.29 is 5.11 Å². The van der Waals surface area contributed by atoms with Gasteiger partial charge in [-0.15, -0.1) is 0 Å². The number of hydrogen-bond acceptors (Lipinski definition) is 3. The van der Waals surface area contributed by atoms with Crippen LogP contribution in [0, 0.1) is 5.92 Å². The quantitative estimate of drug-likeness (QED) is 0.920.